The van der Waals surface area contributed by atoms with E-state index in [4.69, 9.17) is 4.74 Å². The van der Waals surface area contributed by atoms with Crippen LogP contribution < -0.4 is 10.6 Å². The molecule has 0 aliphatic carbocycles. The minimum atomic E-state index is -0.724. The van der Waals surface area contributed by atoms with Crippen molar-refractivity contribution in [3.63, 3.8) is 0 Å². The molecule has 0 spiro atoms. The highest BCUT2D eigenvalue weighted by molar-refractivity contribution is 5.68. The molecule has 0 fully saturated rings. The van der Waals surface area contributed by atoms with E-state index in [0.717, 1.165) is 6.07 Å². The van der Waals surface area contributed by atoms with Gasteiger partial charge in [0.15, 0.2) is 5.82 Å². The van der Waals surface area contributed by atoms with Crippen molar-refractivity contribution in [2.24, 2.45) is 0 Å². The molecule has 0 radical (unpaired) electrons. The predicted molar refractivity (Wildman–Crippen MR) is 80.4 cm³/mol. The van der Waals surface area contributed by atoms with Gasteiger partial charge in [0.05, 0.1) is 4.92 Å². The second-order valence-electron chi connectivity index (χ2n) is 5.82. The van der Waals surface area contributed by atoms with E-state index in [-0.39, 0.29) is 17.9 Å². The zero-order chi connectivity index (χ0) is 16.9. The van der Waals surface area contributed by atoms with Crippen LogP contribution in [-0.4, -0.2) is 29.2 Å². The van der Waals surface area contributed by atoms with Crippen LogP contribution in [0, 0.1) is 15.9 Å². The van der Waals surface area contributed by atoms with E-state index < -0.39 is 28.5 Å². The Morgan fingerprint density at radius 3 is 2.64 bits per heavy atom. The summed E-state index contributed by atoms with van der Waals surface area (Å²) in [6.45, 7) is 6.98. The van der Waals surface area contributed by atoms with E-state index in [2.05, 4.69) is 10.6 Å². The lowest BCUT2D eigenvalue weighted by atomic mass is 10.2. The number of rotatable bonds is 5. The molecule has 1 aromatic carbocycles. The third kappa shape index (κ3) is 5.55. The number of nitro groups is 1. The van der Waals surface area contributed by atoms with E-state index >= 15 is 0 Å². The number of nitro benzene ring substituents is 1. The fraction of sp³-hybridized carbons (Fsp3) is 0.500. The maximum atomic E-state index is 13.7. The number of nitrogens with zero attached hydrogens (tertiary/aromatic N) is 1. The van der Waals surface area contributed by atoms with Crippen LogP contribution in [0.3, 0.4) is 0 Å². The van der Waals surface area contributed by atoms with Gasteiger partial charge in [-0.05, 0) is 33.8 Å². The fourth-order valence-electron chi connectivity index (χ4n) is 1.66. The number of alkyl carbamates (subject to hydrolysis) is 1. The molecule has 1 aromatic rings. The van der Waals surface area contributed by atoms with Crippen molar-refractivity contribution in [3.8, 4) is 0 Å². The first-order valence-corrected chi connectivity index (χ1v) is 6.76. The number of hydrogen-bond donors (Lipinski definition) is 2. The molecule has 0 heterocycles. The SMILES string of the molecule is CC(CNC(=O)OC(C)(C)C)Nc1c(F)cccc1[N+](=O)[O-]. The predicted octanol–water partition coefficient (Wildman–Crippen LogP) is 3.06. The highest BCUT2D eigenvalue weighted by Gasteiger charge is 2.20. The summed E-state index contributed by atoms with van der Waals surface area (Å²) in [6, 6.07) is 3.17. The Morgan fingerprint density at radius 1 is 1.45 bits per heavy atom. The minimum Gasteiger partial charge on any atom is -0.444 e. The van der Waals surface area contributed by atoms with Gasteiger partial charge in [0, 0.05) is 18.7 Å². The lowest BCUT2D eigenvalue weighted by molar-refractivity contribution is -0.384. The molecule has 8 heteroatoms. The highest BCUT2D eigenvalue weighted by Crippen LogP contribution is 2.27. The Bertz CT molecular complexity index is 558. The zero-order valence-electron chi connectivity index (χ0n) is 13.0. The summed E-state index contributed by atoms with van der Waals surface area (Å²) in [5.41, 5.74) is -1.18. The molecule has 0 saturated heterocycles. The average Bonchev–Trinajstić information content (AvgIpc) is 2.36. The van der Waals surface area contributed by atoms with Crippen LogP contribution in [-0.2, 0) is 4.74 Å². The van der Waals surface area contributed by atoms with Gasteiger partial charge in [-0.15, -0.1) is 0 Å². The molecular formula is C14H20FN3O4. The summed E-state index contributed by atoms with van der Waals surface area (Å²) in [6.07, 6.45) is -0.607. The quantitative estimate of drug-likeness (QED) is 0.643. The Labute approximate surface area is 128 Å². The molecular weight excluding hydrogens is 293 g/mol. The summed E-state index contributed by atoms with van der Waals surface area (Å²) in [5, 5.41) is 16.1. The Kier molecular flexibility index (Phi) is 5.67. The minimum absolute atomic E-state index is 0.125. The first kappa shape index (κ1) is 17.7. The third-order valence-corrected chi connectivity index (χ3v) is 2.53. The van der Waals surface area contributed by atoms with Crippen molar-refractivity contribution < 1.29 is 18.8 Å². The lowest BCUT2D eigenvalue weighted by Crippen LogP contribution is -2.38. The van der Waals surface area contributed by atoms with Gasteiger partial charge >= 0.3 is 6.09 Å². The van der Waals surface area contributed by atoms with Gasteiger partial charge in [0.25, 0.3) is 5.69 Å². The molecule has 0 bridgehead atoms. The van der Waals surface area contributed by atoms with Crippen molar-refractivity contribution in [2.75, 3.05) is 11.9 Å². The summed E-state index contributed by atoms with van der Waals surface area (Å²) >= 11 is 0. The van der Waals surface area contributed by atoms with Crippen LogP contribution in [0.5, 0.6) is 0 Å². The lowest BCUT2D eigenvalue weighted by Gasteiger charge is -2.21. The Hall–Kier alpha value is -2.38. The number of para-hydroxylation sites is 1. The number of nitrogens with one attached hydrogen (secondary N) is 2. The molecule has 1 rings (SSSR count). The van der Waals surface area contributed by atoms with Crippen molar-refractivity contribution in [2.45, 2.75) is 39.3 Å². The van der Waals surface area contributed by atoms with Crippen molar-refractivity contribution in [1.82, 2.24) is 5.32 Å². The number of ether oxygens (including phenoxy) is 1. The fourth-order valence-corrected chi connectivity index (χ4v) is 1.66. The van der Waals surface area contributed by atoms with Gasteiger partial charge in [0.2, 0.25) is 0 Å². The van der Waals surface area contributed by atoms with E-state index in [1.807, 2.05) is 0 Å². The standard InChI is InChI=1S/C14H20FN3O4/c1-9(8-16-13(19)22-14(2,3)4)17-12-10(15)6-5-7-11(12)18(20)21/h5-7,9,17H,8H2,1-4H3,(H,16,19). The Morgan fingerprint density at radius 2 is 2.09 bits per heavy atom. The summed E-state index contributed by atoms with van der Waals surface area (Å²) in [5.74, 6) is -0.724. The van der Waals surface area contributed by atoms with Crippen LogP contribution in [0.4, 0.5) is 20.6 Å². The van der Waals surface area contributed by atoms with Crippen LogP contribution in [0.2, 0.25) is 0 Å². The molecule has 2 N–H and O–H groups in total. The van der Waals surface area contributed by atoms with Crippen LogP contribution in [0.15, 0.2) is 18.2 Å². The summed E-state index contributed by atoms with van der Waals surface area (Å²) in [4.78, 5) is 21.7. The maximum absolute atomic E-state index is 13.7. The van der Waals surface area contributed by atoms with Gasteiger partial charge in [-0.3, -0.25) is 10.1 Å². The first-order chi connectivity index (χ1) is 10.1. The van der Waals surface area contributed by atoms with Gasteiger partial charge in [-0.1, -0.05) is 6.07 Å². The van der Waals surface area contributed by atoms with E-state index in [9.17, 15) is 19.3 Å². The van der Waals surface area contributed by atoms with Crippen LogP contribution in [0.25, 0.3) is 0 Å². The van der Waals surface area contributed by atoms with Crippen molar-refractivity contribution in [1.29, 1.82) is 0 Å². The van der Waals surface area contributed by atoms with E-state index in [1.54, 1.807) is 27.7 Å². The van der Waals surface area contributed by atoms with Gasteiger partial charge in [0.1, 0.15) is 11.3 Å². The van der Waals surface area contributed by atoms with Crippen molar-refractivity contribution >= 4 is 17.5 Å². The number of benzene rings is 1. The molecule has 1 amide bonds. The van der Waals surface area contributed by atoms with Crippen molar-refractivity contribution in [3.05, 3.63) is 34.1 Å². The molecule has 0 aliphatic rings. The molecule has 0 aromatic heterocycles. The molecule has 122 valence electrons. The topological polar surface area (TPSA) is 93.5 Å². The smallest absolute Gasteiger partial charge is 0.407 e. The summed E-state index contributed by atoms with van der Waals surface area (Å²) < 4.78 is 18.8. The number of anilines is 1. The number of halogens is 1. The second-order valence-corrected chi connectivity index (χ2v) is 5.82. The Balaban J connectivity index is 2.65. The van der Waals surface area contributed by atoms with Gasteiger partial charge < -0.3 is 15.4 Å². The van der Waals surface area contributed by atoms with Crippen LogP contribution in [0.1, 0.15) is 27.7 Å². The average molecular weight is 313 g/mol. The number of hydrogen-bond acceptors (Lipinski definition) is 5. The normalized spacial score (nSPS) is 12.4. The van der Waals surface area contributed by atoms with E-state index in [0.29, 0.717) is 0 Å². The number of carbonyl (C=O) groups is 1. The largest absolute Gasteiger partial charge is 0.444 e. The second kappa shape index (κ2) is 7.06. The molecule has 0 aliphatic heterocycles. The van der Waals surface area contributed by atoms with Crippen LogP contribution >= 0.6 is 0 Å². The van der Waals surface area contributed by atoms with Gasteiger partial charge in [-0.2, -0.15) is 0 Å². The number of amides is 1. The molecule has 0 saturated carbocycles. The highest BCUT2D eigenvalue weighted by atomic mass is 19.1. The summed E-state index contributed by atoms with van der Waals surface area (Å²) in [7, 11) is 0. The van der Waals surface area contributed by atoms with Gasteiger partial charge in [-0.25, -0.2) is 9.18 Å². The molecule has 1 unspecified atom stereocenters. The molecule has 22 heavy (non-hydrogen) atoms. The third-order valence-electron chi connectivity index (χ3n) is 2.53. The maximum Gasteiger partial charge on any atom is 0.407 e. The first-order valence-electron chi connectivity index (χ1n) is 6.76. The molecule has 1 atom stereocenters. The van der Waals surface area contributed by atoms with E-state index in [1.165, 1.54) is 12.1 Å². The zero-order valence-corrected chi connectivity index (χ0v) is 13.0. The number of carbonyl (C=O) groups excluding carboxylic acids is 1. The monoisotopic (exact) mass is 313 g/mol. The molecule has 7 nitrogen and oxygen atoms in total.